The highest BCUT2D eigenvalue weighted by Gasteiger charge is 2.24. The summed E-state index contributed by atoms with van der Waals surface area (Å²) in [6.45, 7) is 7.39. The van der Waals surface area contributed by atoms with Crippen LogP contribution < -0.4 is 4.90 Å². The third-order valence-corrected chi connectivity index (χ3v) is 4.03. The Balaban J connectivity index is 1.97. The van der Waals surface area contributed by atoms with Gasteiger partial charge in [-0.2, -0.15) is 0 Å². The molecule has 2 heterocycles. The van der Waals surface area contributed by atoms with Gasteiger partial charge in [-0.25, -0.2) is 0 Å². The summed E-state index contributed by atoms with van der Waals surface area (Å²) in [5.74, 6) is 0. The van der Waals surface area contributed by atoms with Crippen LogP contribution in [0.1, 0.15) is 38.5 Å². The van der Waals surface area contributed by atoms with Gasteiger partial charge in [-0.15, -0.1) is 0 Å². The predicted molar refractivity (Wildman–Crippen MR) is 78.4 cm³/mol. The van der Waals surface area contributed by atoms with Crippen LogP contribution in [-0.4, -0.2) is 47.7 Å². The molecule has 2 rings (SSSR count). The summed E-state index contributed by atoms with van der Waals surface area (Å²) >= 11 is 0. The molecule has 0 aliphatic carbocycles. The zero-order valence-corrected chi connectivity index (χ0v) is 12.2. The van der Waals surface area contributed by atoms with E-state index in [0.29, 0.717) is 6.04 Å². The van der Waals surface area contributed by atoms with Gasteiger partial charge in [0.2, 0.25) is 0 Å². The van der Waals surface area contributed by atoms with Crippen molar-refractivity contribution < 1.29 is 5.11 Å². The Morgan fingerprint density at radius 2 is 2.32 bits per heavy atom. The van der Waals surface area contributed by atoms with Crippen LogP contribution in [0.15, 0.2) is 18.3 Å². The molecule has 1 aliphatic heterocycles. The molecule has 1 aromatic rings. The van der Waals surface area contributed by atoms with E-state index in [2.05, 4.69) is 28.8 Å². The number of anilines is 1. The molecule has 4 nitrogen and oxygen atoms in total. The second kappa shape index (κ2) is 6.35. The van der Waals surface area contributed by atoms with E-state index >= 15 is 0 Å². The first-order valence-corrected chi connectivity index (χ1v) is 7.21. The molecular weight excluding hydrogens is 238 g/mol. The third kappa shape index (κ3) is 3.45. The van der Waals surface area contributed by atoms with E-state index in [9.17, 15) is 5.11 Å². The number of aliphatic hydroxyl groups excluding tert-OH is 1. The number of hydrogen-bond donors (Lipinski definition) is 1. The van der Waals surface area contributed by atoms with Crippen LogP contribution in [0.2, 0.25) is 0 Å². The van der Waals surface area contributed by atoms with Gasteiger partial charge in [0.05, 0.1) is 23.7 Å². The molecule has 0 spiro atoms. The summed E-state index contributed by atoms with van der Waals surface area (Å²) in [5, 5.41) is 9.47. The maximum Gasteiger partial charge on any atom is 0.0931 e. The predicted octanol–water partition coefficient (Wildman–Crippen LogP) is 2.06. The average molecular weight is 263 g/mol. The highest BCUT2D eigenvalue weighted by molar-refractivity contribution is 5.44. The van der Waals surface area contributed by atoms with E-state index < -0.39 is 6.10 Å². The molecule has 0 radical (unpaired) electrons. The zero-order valence-electron chi connectivity index (χ0n) is 12.2. The molecular formula is C15H25N3O. The summed E-state index contributed by atoms with van der Waals surface area (Å²) in [6, 6.07) is 4.61. The molecule has 1 unspecified atom stereocenters. The van der Waals surface area contributed by atoms with Gasteiger partial charge < -0.3 is 10.0 Å². The molecule has 2 atom stereocenters. The minimum atomic E-state index is -0.496. The highest BCUT2D eigenvalue weighted by Crippen LogP contribution is 2.21. The third-order valence-electron chi connectivity index (χ3n) is 4.03. The molecule has 0 aromatic carbocycles. The van der Waals surface area contributed by atoms with Gasteiger partial charge in [-0.1, -0.05) is 6.92 Å². The monoisotopic (exact) mass is 263 g/mol. The van der Waals surface area contributed by atoms with Crippen molar-refractivity contribution in [1.29, 1.82) is 0 Å². The van der Waals surface area contributed by atoms with Crippen LogP contribution in [0.5, 0.6) is 0 Å². The minimum Gasteiger partial charge on any atom is -0.387 e. The van der Waals surface area contributed by atoms with Crippen molar-refractivity contribution in [2.45, 2.75) is 38.8 Å². The smallest absolute Gasteiger partial charge is 0.0931 e. The lowest BCUT2D eigenvalue weighted by atomic mass is 10.2. The maximum atomic E-state index is 9.47. The van der Waals surface area contributed by atoms with Gasteiger partial charge >= 0.3 is 0 Å². The fraction of sp³-hybridized carbons (Fsp3) is 0.667. The summed E-state index contributed by atoms with van der Waals surface area (Å²) in [4.78, 5) is 9.12. The number of likely N-dealkylation sites (tertiary alicyclic amines) is 1. The lowest BCUT2D eigenvalue weighted by molar-refractivity contribution is 0.194. The first-order chi connectivity index (χ1) is 9.11. The summed E-state index contributed by atoms with van der Waals surface area (Å²) in [7, 11) is 2.12. The molecule has 1 saturated heterocycles. The summed E-state index contributed by atoms with van der Waals surface area (Å²) in [5.41, 5.74) is 1.85. The minimum absolute atomic E-state index is 0.496. The molecule has 0 saturated carbocycles. The lowest BCUT2D eigenvalue weighted by Gasteiger charge is -2.28. The number of nitrogens with zero attached hydrogens (tertiary/aromatic N) is 3. The van der Waals surface area contributed by atoms with Crippen LogP contribution in [-0.2, 0) is 0 Å². The van der Waals surface area contributed by atoms with Gasteiger partial charge in [-0.05, 0) is 45.0 Å². The van der Waals surface area contributed by atoms with Crippen molar-refractivity contribution in [2.75, 3.05) is 31.6 Å². The van der Waals surface area contributed by atoms with E-state index in [-0.39, 0.29) is 0 Å². The van der Waals surface area contributed by atoms with Crippen molar-refractivity contribution in [2.24, 2.45) is 0 Å². The van der Waals surface area contributed by atoms with Crippen LogP contribution in [0.3, 0.4) is 0 Å². The number of aliphatic hydroxyl groups is 1. The molecule has 4 heteroatoms. The standard InChI is InChI=1S/C15H25N3O/c1-4-18-9-5-6-14(18)11-17(3)13-7-8-15(12(2)19)16-10-13/h7-8,10,12,14,19H,4-6,9,11H2,1-3H3/t12-,14?/m1/s1. The van der Waals surface area contributed by atoms with E-state index in [1.807, 2.05) is 18.3 Å². The van der Waals surface area contributed by atoms with Crippen LogP contribution in [0, 0.1) is 0 Å². The van der Waals surface area contributed by atoms with Crippen LogP contribution in [0.25, 0.3) is 0 Å². The molecule has 106 valence electrons. The SMILES string of the molecule is CCN1CCCC1CN(C)c1ccc([C@@H](C)O)nc1. The first kappa shape index (κ1) is 14.3. The van der Waals surface area contributed by atoms with Crippen molar-refractivity contribution >= 4 is 5.69 Å². The van der Waals surface area contributed by atoms with Crippen LogP contribution >= 0.6 is 0 Å². The summed E-state index contributed by atoms with van der Waals surface area (Å²) < 4.78 is 0. The normalized spacial score (nSPS) is 21.6. The second-order valence-corrected chi connectivity index (χ2v) is 5.42. The summed E-state index contributed by atoms with van der Waals surface area (Å²) in [6.07, 6.45) is 3.96. The molecule has 1 aromatic heterocycles. The van der Waals surface area contributed by atoms with Gasteiger partial charge in [0.1, 0.15) is 0 Å². The topological polar surface area (TPSA) is 39.6 Å². The Bertz CT molecular complexity index is 391. The van der Waals surface area contributed by atoms with E-state index in [1.165, 1.54) is 19.4 Å². The Labute approximate surface area is 116 Å². The fourth-order valence-corrected chi connectivity index (χ4v) is 2.81. The van der Waals surface area contributed by atoms with Crippen molar-refractivity contribution in [3.8, 4) is 0 Å². The number of hydrogen-bond acceptors (Lipinski definition) is 4. The Kier molecular flexibility index (Phi) is 4.77. The number of pyridine rings is 1. The number of likely N-dealkylation sites (N-methyl/N-ethyl adjacent to an activating group) is 2. The van der Waals surface area contributed by atoms with E-state index in [0.717, 1.165) is 24.5 Å². The fourth-order valence-electron chi connectivity index (χ4n) is 2.81. The largest absolute Gasteiger partial charge is 0.387 e. The molecule has 19 heavy (non-hydrogen) atoms. The van der Waals surface area contributed by atoms with Gasteiger partial charge in [0.25, 0.3) is 0 Å². The first-order valence-electron chi connectivity index (χ1n) is 7.21. The number of rotatable bonds is 5. The quantitative estimate of drug-likeness (QED) is 0.882. The Morgan fingerprint density at radius 1 is 1.53 bits per heavy atom. The molecule has 1 fully saturated rings. The molecule has 1 aliphatic rings. The van der Waals surface area contributed by atoms with Gasteiger partial charge in [-0.3, -0.25) is 9.88 Å². The lowest BCUT2D eigenvalue weighted by Crippen LogP contribution is -2.38. The molecule has 0 amide bonds. The maximum absolute atomic E-state index is 9.47. The second-order valence-electron chi connectivity index (χ2n) is 5.42. The average Bonchev–Trinajstić information content (AvgIpc) is 2.86. The highest BCUT2D eigenvalue weighted by atomic mass is 16.3. The van der Waals surface area contributed by atoms with Gasteiger partial charge in [0, 0.05) is 19.6 Å². The zero-order chi connectivity index (χ0) is 13.8. The van der Waals surface area contributed by atoms with E-state index in [4.69, 9.17) is 0 Å². The van der Waals surface area contributed by atoms with E-state index in [1.54, 1.807) is 6.92 Å². The van der Waals surface area contributed by atoms with Gasteiger partial charge in [0.15, 0.2) is 0 Å². The van der Waals surface area contributed by atoms with Crippen molar-refractivity contribution in [3.63, 3.8) is 0 Å². The number of aromatic nitrogens is 1. The van der Waals surface area contributed by atoms with Crippen LogP contribution in [0.4, 0.5) is 5.69 Å². The Morgan fingerprint density at radius 3 is 2.89 bits per heavy atom. The van der Waals surface area contributed by atoms with Crippen molar-refractivity contribution in [1.82, 2.24) is 9.88 Å². The Hall–Kier alpha value is -1.13. The molecule has 1 N–H and O–H groups in total. The van der Waals surface area contributed by atoms with Crippen molar-refractivity contribution in [3.05, 3.63) is 24.0 Å². The molecule has 0 bridgehead atoms.